The molecule has 3 N–H and O–H groups in total. The molecule has 2 aromatic rings. The van der Waals surface area contributed by atoms with Crippen molar-refractivity contribution in [1.82, 2.24) is 9.80 Å². The van der Waals surface area contributed by atoms with Crippen molar-refractivity contribution in [2.75, 3.05) is 18.4 Å². The third-order valence-electron chi connectivity index (χ3n) is 5.48. The molecule has 2 heterocycles. The van der Waals surface area contributed by atoms with E-state index in [2.05, 4.69) is 34.5 Å². The number of primary amides is 1. The van der Waals surface area contributed by atoms with Crippen LogP contribution in [0.2, 0.25) is 0 Å². The van der Waals surface area contributed by atoms with Gasteiger partial charge in [-0.05, 0) is 36.1 Å². The number of carbonyl (C=O) groups excluding carboxylic acids is 2. The first-order chi connectivity index (χ1) is 13.1. The second kappa shape index (κ2) is 7.40. The molecular formula is C21H24N4O2. The van der Waals surface area contributed by atoms with Gasteiger partial charge >= 0.3 is 6.03 Å². The number of hydrogen-bond acceptors (Lipinski definition) is 3. The predicted octanol–water partition coefficient (Wildman–Crippen LogP) is 2.80. The van der Waals surface area contributed by atoms with Crippen LogP contribution in [0, 0.1) is 0 Å². The number of anilines is 1. The summed E-state index contributed by atoms with van der Waals surface area (Å²) < 4.78 is 0. The third-order valence-corrected chi connectivity index (χ3v) is 5.48. The van der Waals surface area contributed by atoms with Crippen molar-refractivity contribution in [3.8, 4) is 0 Å². The van der Waals surface area contributed by atoms with Crippen LogP contribution < -0.4 is 11.1 Å². The molecule has 0 saturated carbocycles. The van der Waals surface area contributed by atoms with Crippen LogP contribution in [0.25, 0.3) is 0 Å². The maximum absolute atomic E-state index is 12.6. The lowest BCUT2D eigenvalue weighted by Gasteiger charge is -2.40. The van der Waals surface area contributed by atoms with Crippen LogP contribution in [0.5, 0.6) is 0 Å². The molecule has 2 aliphatic heterocycles. The van der Waals surface area contributed by atoms with Crippen molar-refractivity contribution < 1.29 is 9.59 Å². The summed E-state index contributed by atoms with van der Waals surface area (Å²) in [5, 5.41) is 2.92. The van der Waals surface area contributed by atoms with E-state index in [1.165, 1.54) is 5.56 Å². The minimum absolute atomic E-state index is 0.0920. The average Bonchev–Trinajstić information content (AvgIpc) is 2.68. The van der Waals surface area contributed by atoms with Crippen LogP contribution in [0.4, 0.5) is 10.5 Å². The second-order valence-electron chi connectivity index (χ2n) is 7.29. The van der Waals surface area contributed by atoms with Gasteiger partial charge in [-0.1, -0.05) is 36.4 Å². The molecule has 2 aliphatic rings. The second-order valence-corrected chi connectivity index (χ2v) is 7.29. The molecule has 0 spiro atoms. The molecule has 0 unspecified atom stereocenters. The van der Waals surface area contributed by atoms with E-state index in [-0.39, 0.29) is 12.1 Å². The zero-order chi connectivity index (χ0) is 18.8. The monoisotopic (exact) mass is 364 g/mol. The van der Waals surface area contributed by atoms with Crippen molar-refractivity contribution >= 4 is 17.6 Å². The predicted molar refractivity (Wildman–Crippen MR) is 104 cm³/mol. The Morgan fingerprint density at radius 1 is 1.11 bits per heavy atom. The Balaban J connectivity index is 1.39. The summed E-state index contributed by atoms with van der Waals surface area (Å²) in [6.07, 6.45) is 1.93. The fourth-order valence-corrected chi connectivity index (χ4v) is 3.95. The van der Waals surface area contributed by atoms with Gasteiger partial charge < -0.3 is 16.0 Å². The van der Waals surface area contributed by atoms with Gasteiger partial charge in [0.05, 0.1) is 0 Å². The molecule has 27 heavy (non-hydrogen) atoms. The number of benzene rings is 2. The van der Waals surface area contributed by atoms with Gasteiger partial charge in [0.2, 0.25) is 5.91 Å². The van der Waals surface area contributed by atoms with Crippen LogP contribution in [0.3, 0.4) is 0 Å². The van der Waals surface area contributed by atoms with E-state index in [9.17, 15) is 9.59 Å². The molecule has 3 amide bonds. The first-order valence-electron chi connectivity index (χ1n) is 9.37. The SMILES string of the molecule is NC(=O)c1ccc2c(c1)NC(=O)N(C1CCN(Cc3ccccc3)CC1)C2. The zero-order valence-corrected chi connectivity index (χ0v) is 15.2. The Morgan fingerprint density at radius 2 is 1.85 bits per heavy atom. The molecule has 0 aromatic heterocycles. The van der Waals surface area contributed by atoms with Crippen LogP contribution in [-0.2, 0) is 13.1 Å². The topological polar surface area (TPSA) is 78.7 Å². The first kappa shape index (κ1) is 17.5. The van der Waals surface area contributed by atoms with E-state index in [4.69, 9.17) is 5.73 Å². The van der Waals surface area contributed by atoms with Crippen molar-refractivity contribution in [3.05, 3.63) is 65.2 Å². The van der Waals surface area contributed by atoms with E-state index in [0.717, 1.165) is 38.0 Å². The Morgan fingerprint density at radius 3 is 2.56 bits per heavy atom. The molecular weight excluding hydrogens is 340 g/mol. The number of likely N-dealkylation sites (tertiary alicyclic amines) is 1. The van der Waals surface area contributed by atoms with Gasteiger partial charge in [0.25, 0.3) is 0 Å². The molecule has 6 nitrogen and oxygen atoms in total. The smallest absolute Gasteiger partial charge is 0.322 e. The van der Waals surface area contributed by atoms with Gasteiger partial charge in [-0.15, -0.1) is 0 Å². The van der Waals surface area contributed by atoms with E-state index in [1.54, 1.807) is 12.1 Å². The number of rotatable bonds is 4. The fraction of sp³-hybridized carbons (Fsp3) is 0.333. The molecule has 140 valence electrons. The lowest BCUT2D eigenvalue weighted by Crippen LogP contribution is -2.50. The van der Waals surface area contributed by atoms with E-state index in [1.807, 2.05) is 17.0 Å². The van der Waals surface area contributed by atoms with Crippen molar-refractivity contribution in [2.24, 2.45) is 5.73 Å². The Labute approximate surface area is 158 Å². The maximum Gasteiger partial charge on any atom is 0.322 e. The lowest BCUT2D eigenvalue weighted by molar-refractivity contribution is 0.0999. The molecule has 1 fully saturated rings. The van der Waals surface area contributed by atoms with Crippen molar-refractivity contribution in [1.29, 1.82) is 0 Å². The van der Waals surface area contributed by atoms with Gasteiger partial charge in [-0.25, -0.2) is 4.79 Å². The van der Waals surface area contributed by atoms with Crippen LogP contribution >= 0.6 is 0 Å². The highest BCUT2D eigenvalue weighted by Gasteiger charge is 2.31. The number of urea groups is 1. The minimum Gasteiger partial charge on any atom is -0.366 e. The number of piperidine rings is 1. The Hall–Kier alpha value is -2.86. The minimum atomic E-state index is -0.486. The molecule has 2 aromatic carbocycles. The van der Waals surface area contributed by atoms with Gasteiger partial charge in [0.1, 0.15) is 0 Å². The van der Waals surface area contributed by atoms with Crippen molar-refractivity contribution in [2.45, 2.75) is 32.0 Å². The molecule has 0 bridgehead atoms. The highest BCUT2D eigenvalue weighted by atomic mass is 16.2. The fourth-order valence-electron chi connectivity index (χ4n) is 3.95. The average molecular weight is 364 g/mol. The molecule has 0 radical (unpaired) electrons. The van der Waals surface area contributed by atoms with Crippen molar-refractivity contribution in [3.63, 3.8) is 0 Å². The van der Waals surface area contributed by atoms with Gasteiger partial charge in [-0.2, -0.15) is 0 Å². The van der Waals surface area contributed by atoms with Gasteiger partial charge in [0.15, 0.2) is 0 Å². The summed E-state index contributed by atoms with van der Waals surface area (Å²) in [6.45, 7) is 3.50. The molecule has 1 saturated heterocycles. The normalized spacial score (nSPS) is 18.1. The zero-order valence-electron chi connectivity index (χ0n) is 15.2. The summed E-state index contributed by atoms with van der Waals surface area (Å²) in [7, 11) is 0. The first-order valence-corrected chi connectivity index (χ1v) is 9.37. The standard InChI is InChI=1S/C21H24N4O2/c22-20(26)16-6-7-17-14-25(21(27)23-19(17)12-16)18-8-10-24(11-9-18)13-15-4-2-1-3-5-15/h1-7,12,18H,8-11,13-14H2,(H2,22,26)(H,23,27). The van der Waals surface area contributed by atoms with Crippen LogP contribution in [-0.4, -0.2) is 40.9 Å². The number of nitrogens with two attached hydrogens (primary N) is 1. The van der Waals surface area contributed by atoms with Gasteiger partial charge in [0, 0.05) is 43.5 Å². The summed E-state index contributed by atoms with van der Waals surface area (Å²) in [4.78, 5) is 28.3. The Kier molecular flexibility index (Phi) is 4.81. The number of carbonyl (C=O) groups is 2. The summed E-state index contributed by atoms with van der Waals surface area (Å²) in [5.41, 5.74) is 8.77. The summed E-state index contributed by atoms with van der Waals surface area (Å²) in [6, 6.07) is 15.9. The number of amides is 3. The quantitative estimate of drug-likeness (QED) is 0.876. The summed E-state index contributed by atoms with van der Waals surface area (Å²) >= 11 is 0. The molecule has 0 atom stereocenters. The third kappa shape index (κ3) is 3.80. The van der Waals surface area contributed by atoms with E-state index >= 15 is 0 Å². The summed E-state index contributed by atoms with van der Waals surface area (Å²) in [5.74, 6) is -0.486. The number of hydrogen-bond donors (Lipinski definition) is 2. The molecule has 6 heteroatoms. The Bertz CT molecular complexity index is 845. The molecule has 4 rings (SSSR count). The lowest BCUT2D eigenvalue weighted by atomic mass is 9.99. The number of nitrogens with one attached hydrogen (secondary N) is 1. The van der Waals surface area contributed by atoms with E-state index in [0.29, 0.717) is 17.8 Å². The van der Waals surface area contributed by atoms with Crippen LogP contribution in [0.1, 0.15) is 34.3 Å². The van der Waals surface area contributed by atoms with Crippen LogP contribution in [0.15, 0.2) is 48.5 Å². The number of nitrogens with zero attached hydrogens (tertiary/aromatic N) is 2. The van der Waals surface area contributed by atoms with E-state index < -0.39 is 5.91 Å². The molecule has 0 aliphatic carbocycles. The largest absolute Gasteiger partial charge is 0.366 e. The highest BCUT2D eigenvalue weighted by molar-refractivity contribution is 5.97. The highest BCUT2D eigenvalue weighted by Crippen LogP contribution is 2.29. The van der Waals surface area contributed by atoms with Gasteiger partial charge in [-0.3, -0.25) is 9.69 Å². The number of fused-ring (bicyclic) bond motifs is 1. The maximum atomic E-state index is 12.6.